The molecular formula is C24H32O8. The van der Waals surface area contributed by atoms with E-state index < -0.39 is 70.1 Å². The first kappa shape index (κ1) is 23.1. The molecule has 176 valence electrons. The first-order valence-corrected chi connectivity index (χ1v) is 11.3. The normalized spacial score (nSPS) is 44.6. The molecule has 1 spiro atoms. The molecule has 4 aliphatic carbocycles. The van der Waals surface area contributed by atoms with Crippen molar-refractivity contribution in [1.29, 1.82) is 0 Å². The van der Waals surface area contributed by atoms with E-state index in [-0.39, 0.29) is 17.1 Å². The minimum Gasteiger partial charge on any atom is -0.459 e. The molecule has 4 rings (SSSR count). The van der Waals surface area contributed by atoms with Gasteiger partial charge in [0.15, 0.2) is 11.9 Å². The third-order valence-electron chi connectivity index (χ3n) is 8.63. The summed E-state index contributed by atoms with van der Waals surface area (Å²) in [7, 11) is 0. The number of fused-ring (bicyclic) bond motifs is 2. The van der Waals surface area contributed by atoms with E-state index in [1.165, 1.54) is 13.8 Å². The standard InChI is InChI=1S/C24H32O8/c1-10-9-24(10)20(30)14-15(17(29)21(24)32-12(3)26)23(6)8-7-13(27)22(4,5)19(23)18(16(14)28)31-11(2)25/h10,13,16,18-19,21,27-28H,7-9H2,1-6H3/t10-,13-,16-,18+,19-,21-,23+,24+/m0/s1. The number of ketones is 2. The summed E-state index contributed by atoms with van der Waals surface area (Å²) >= 11 is 0. The van der Waals surface area contributed by atoms with Gasteiger partial charge in [0.25, 0.3) is 0 Å². The Morgan fingerprint density at radius 1 is 1.03 bits per heavy atom. The van der Waals surface area contributed by atoms with Gasteiger partial charge in [-0.1, -0.05) is 27.7 Å². The fourth-order valence-corrected chi connectivity index (χ4v) is 7.04. The highest BCUT2D eigenvalue weighted by Gasteiger charge is 2.74. The van der Waals surface area contributed by atoms with Gasteiger partial charge in [0.05, 0.1) is 11.5 Å². The van der Waals surface area contributed by atoms with Crippen molar-refractivity contribution in [3.8, 4) is 0 Å². The Balaban J connectivity index is 1.97. The van der Waals surface area contributed by atoms with Crippen LogP contribution in [0.3, 0.4) is 0 Å². The van der Waals surface area contributed by atoms with Crippen molar-refractivity contribution in [3.05, 3.63) is 11.1 Å². The molecule has 2 saturated carbocycles. The average molecular weight is 449 g/mol. The lowest BCUT2D eigenvalue weighted by molar-refractivity contribution is -0.192. The summed E-state index contributed by atoms with van der Waals surface area (Å²) in [5, 5.41) is 22.2. The van der Waals surface area contributed by atoms with Crippen LogP contribution in [0.4, 0.5) is 0 Å². The van der Waals surface area contributed by atoms with Crippen molar-refractivity contribution >= 4 is 23.5 Å². The maximum Gasteiger partial charge on any atom is 0.303 e. The zero-order valence-corrected chi connectivity index (χ0v) is 19.4. The molecule has 0 amide bonds. The number of carbonyl (C=O) groups is 4. The summed E-state index contributed by atoms with van der Waals surface area (Å²) in [4.78, 5) is 51.6. The molecule has 0 heterocycles. The molecule has 4 aliphatic rings. The predicted molar refractivity (Wildman–Crippen MR) is 111 cm³/mol. The number of aliphatic hydroxyl groups excluding tert-OH is 2. The average Bonchev–Trinajstić information content (AvgIpc) is 3.34. The zero-order valence-electron chi connectivity index (χ0n) is 19.4. The van der Waals surface area contributed by atoms with Crippen LogP contribution in [0.5, 0.6) is 0 Å². The van der Waals surface area contributed by atoms with E-state index in [1.54, 1.807) is 0 Å². The highest BCUT2D eigenvalue weighted by molar-refractivity contribution is 6.20. The monoisotopic (exact) mass is 448 g/mol. The van der Waals surface area contributed by atoms with Crippen molar-refractivity contribution in [3.63, 3.8) is 0 Å². The maximum atomic E-state index is 13.9. The molecule has 8 atom stereocenters. The second-order valence-electron chi connectivity index (χ2n) is 10.9. The Hall–Kier alpha value is -2.06. The van der Waals surface area contributed by atoms with Gasteiger partial charge in [0.1, 0.15) is 12.2 Å². The van der Waals surface area contributed by atoms with Gasteiger partial charge in [-0.25, -0.2) is 0 Å². The molecule has 8 nitrogen and oxygen atoms in total. The number of hydrogen-bond donors (Lipinski definition) is 2. The second-order valence-corrected chi connectivity index (χ2v) is 10.9. The van der Waals surface area contributed by atoms with Gasteiger partial charge in [-0.15, -0.1) is 0 Å². The minimum absolute atomic E-state index is 0.0139. The van der Waals surface area contributed by atoms with Crippen molar-refractivity contribution in [2.45, 2.75) is 85.2 Å². The number of hydrogen-bond acceptors (Lipinski definition) is 8. The second kappa shape index (κ2) is 6.97. The minimum atomic E-state index is -1.50. The van der Waals surface area contributed by atoms with Crippen LogP contribution < -0.4 is 0 Å². The lowest BCUT2D eigenvalue weighted by Crippen LogP contribution is -2.66. The summed E-state index contributed by atoms with van der Waals surface area (Å²) in [6, 6.07) is 0. The molecule has 2 fully saturated rings. The van der Waals surface area contributed by atoms with Gasteiger partial charge in [-0.2, -0.15) is 0 Å². The topological polar surface area (TPSA) is 127 Å². The van der Waals surface area contributed by atoms with Crippen molar-refractivity contribution in [2.24, 2.45) is 28.1 Å². The fourth-order valence-electron chi connectivity index (χ4n) is 7.04. The molecule has 0 radical (unpaired) electrons. The third kappa shape index (κ3) is 2.81. The predicted octanol–water partition coefficient (Wildman–Crippen LogP) is 1.50. The molecule has 0 aromatic rings. The van der Waals surface area contributed by atoms with Gasteiger partial charge in [-0.3, -0.25) is 19.2 Å². The van der Waals surface area contributed by atoms with E-state index in [1.807, 2.05) is 27.7 Å². The highest BCUT2D eigenvalue weighted by atomic mass is 16.6. The van der Waals surface area contributed by atoms with Gasteiger partial charge in [0.2, 0.25) is 5.78 Å². The Morgan fingerprint density at radius 2 is 1.59 bits per heavy atom. The Labute approximate surface area is 187 Å². The van der Waals surface area contributed by atoms with Gasteiger partial charge in [-0.05, 0) is 30.6 Å². The van der Waals surface area contributed by atoms with E-state index in [0.717, 1.165) is 0 Å². The smallest absolute Gasteiger partial charge is 0.303 e. The highest BCUT2D eigenvalue weighted by Crippen LogP contribution is 2.67. The van der Waals surface area contributed by atoms with E-state index in [4.69, 9.17) is 9.47 Å². The number of ether oxygens (including phenoxy) is 2. The number of aliphatic hydroxyl groups is 2. The van der Waals surface area contributed by atoms with Crippen molar-refractivity contribution < 1.29 is 38.9 Å². The van der Waals surface area contributed by atoms with Crippen molar-refractivity contribution in [2.75, 3.05) is 0 Å². The molecule has 0 aliphatic heterocycles. The maximum absolute atomic E-state index is 13.9. The molecule has 32 heavy (non-hydrogen) atoms. The van der Waals surface area contributed by atoms with E-state index in [9.17, 15) is 29.4 Å². The molecule has 0 bridgehead atoms. The summed E-state index contributed by atoms with van der Waals surface area (Å²) in [6.45, 7) is 9.72. The van der Waals surface area contributed by atoms with Gasteiger partial charge < -0.3 is 19.7 Å². The van der Waals surface area contributed by atoms with Gasteiger partial charge in [0, 0.05) is 36.3 Å². The van der Waals surface area contributed by atoms with Crippen LogP contribution in [0.15, 0.2) is 11.1 Å². The van der Waals surface area contributed by atoms with Crippen molar-refractivity contribution in [1.82, 2.24) is 0 Å². The van der Waals surface area contributed by atoms with Crippen LogP contribution in [-0.4, -0.2) is 58.1 Å². The van der Waals surface area contributed by atoms with Crippen LogP contribution in [0.1, 0.15) is 60.8 Å². The fraction of sp³-hybridized carbons (Fsp3) is 0.750. The zero-order chi connectivity index (χ0) is 24.0. The van der Waals surface area contributed by atoms with Crippen LogP contribution in [0.25, 0.3) is 0 Å². The molecule has 2 N–H and O–H groups in total. The Morgan fingerprint density at radius 3 is 2.09 bits per heavy atom. The third-order valence-corrected chi connectivity index (χ3v) is 8.63. The quantitative estimate of drug-likeness (QED) is 0.609. The molecule has 0 unspecified atom stereocenters. The van der Waals surface area contributed by atoms with Gasteiger partial charge >= 0.3 is 11.9 Å². The van der Waals surface area contributed by atoms with Crippen LogP contribution >= 0.6 is 0 Å². The van der Waals surface area contributed by atoms with E-state index in [2.05, 4.69) is 0 Å². The summed E-state index contributed by atoms with van der Waals surface area (Å²) in [5.41, 5.74) is -2.81. The molecule has 0 aromatic heterocycles. The first-order chi connectivity index (χ1) is 14.7. The van der Waals surface area contributed by atoms with Crippen LogP contribution in [0.2, 0.25) is 0 Å². The summed E-state index contributed by atoms with van der Waals surface area (Å²) < 4.78 is 11.0. The Bertz CT molecular complexity index is 948. The number of Topliss-reactive ketones (excluding diaryl/α,β-unsaturated/α-hetero) is 2. The SMILES string of the molecule is CC(=O)O[C@@H]1[C@@H](O)C2=C(C(=O)[C@H](OC(C)=O)[C@@]3(C[C@@H]3C)C2=O)[C@@]2(C)CC[C@H](O)C(C)(C)[C@H]12. The molecule has 0 aromatic carbocycles. The largest absolute Gasteiger partial charge is 0.459 e. The molecular weight excluding hydrogens is 416 g/mol. The molecule has 8 heteroatoms. The first-order valence-electron chi connectivity index (χ1n) is 11.3. The summed E-state index contributed by atoms with van der Waals surface area (Å²) in [6.07, 6.45) is -3.46. The van der Waals surface area contributed by atoms with Crippen LogP contribution in [-0.2, 0) is 28.7 Å². The lowest BCUT2D eigenvalue weighted by atomic mass is 9.45. The number of esters is 2. The molecule has 0 saturated heterocycles. The summed E-state index contributed by atoms with van der Waals surface area (Å²) in [5.74, 6) is -2.94. The van der Waals surface area contributed by atoms with Crippen LogP contribution in [0, 0.1) is 28.1 Å². The Kier molecular flexibility index (Phi) is 5.03. The number of carbonyl (C=O) groups excluding carboxylic acids is 4. The lowest BCUT2D eigenvalue weighted by Gasteiger charge is -2.60. The van der Waals surface area contributed by atoms with E-state index >= 15 is 0 Å². The van der Waals surface area contributed by atoms with E-state index in [0.29, 0.717) is 19.3 Å². The number of rotatable bonds is 2.